The van der Waals surface area contributed by atoms with E-state index in [-0.39, 0.29) is 18.9 Å². The van der Waals surface area contributed by atoms with Gasteiger partial charge in [-0.3, -0.25) is 0 Å². The van der Waals surface area contributed by atoms with Crippen LogP contribution >= 0.6 is 11.6 Å². The molecule has 0 saturated heterocycles. The molecule has 0 N–H and O–H groups in total. The molecule has 1 aromatic heterocycles. The molecule has 0 spiro atoms. The molecule has 0 saturated carbocycles. The number of carboxylic acids is 1. The fraction of sp³-hybridized carbons (Fsp3) is 0.167. The van der Waals surface area contributed by atoms with E-state index in [4.69, 9.17) is 11.6 Å². The molecule has 0 unspecified atom stereocenters. The van der Waals surface area contributed by atoms with Gasteiger partial charge in [0, 0.05) is 0 Å². The number of rotatable bonds is 1. The Morgan fingerprint density at radius 3 is 2.33 bits per heavy atom. The Balaban J connectivity index is 0.00000196. The summed E-state index contributed by atoms with van der Waals surface area (Å²) < 4.78 is 36.5. The van der Waals surface area contributed by atoms with Gasteiger partial charge in [0.25, 0.3) is 0 Å². The van der Waals surface area contributed by atoms with Crippen molar-refractivity contribution in [1.29, 1.82) is 0 Å². The molecule has 0 atom stereocenters. The Morgan fingerprint density at radius 1 is 1.40 bits per heavy atom. The van der Waals surface area contributed by atoms with Crippen LogP contribution < -0.4 is 24.0 Å². The molecule has 4 nitrogen and oxygen atoms in total. The number of carbonyl (C=O) groups is 1. The van der Waals surface area contributed by atoms with Crippen molar-refractivity contribution in [1.82, 2.24) is 10.2 Å². The third kappa shape index (κ3) is 3.37. The van der Waals surface area contributed by atoms with Crippen LogP contribution in [-0.2, 0) is 6.18 Å². The van der Waals surface area contributed by atoms with Gasteiger partial charge in [-0.25, -0.2) is 0 Å². The first-order valence-corrected chi connectivity index (χ1v) is 3.52. The summed E-state index contributed by atoms with van der Waals surface area (Å²) in [6.07, 6.45) is -4.85. The Bertz CT molecular complexity index is 385. The molecule has 0 aliphatic rings. The summed E-state index contributed by atoms with van der Waals surface area (Å²) in [5, 5.41) is 15.4. The number of alkyl halides is 3. The molecule has 76 valence electrons. The van der Waals surface area contributed by atoms with Gasteiger partial charge in [0.1, 0.15) is 5.69 Å². The van der Waals surface area contributed by atoms with E-state index in [0.29, 0.717) is 6.07 Å². The number of halogens is 4. The second kappa shape index (κ2) is 4.83. The van der Waals surface area contributed by atoms with Gasteiger partial charge >= 0.3 is 25.0 Å². The van der Waals surface area contributed by atoms with E-state index in [1.807, 2.05) is 0 Å². The molecule has 1 rings (SSSR count). The molecule has 0 bridgehead atoms. The number of hydrogen-bond acceptors (Lipinski definition) is 4. The largest absolute Gasteiger partial charge is 1.00 e. The van der Waals surface area contributed by atoms with Gasteiger partial charge in [-0.2, -0.15) is 13.2 Å². The molecule has 15 heavy (non-hydrogen) atoms. The third-order valence-corrected chi connectivity index (χ3v) is 1.45. The zero-order valence-electron chi connectivity index (χ0n) is 7.30. The predicted octanol–water partition coefficient (Wildman–Crippen LogP) is -2.48. The van der Waals surface area contributed by atoms with E-state index >= 15 is 0 Å². The molecule has 9 heteroatoms. The average molecular weight is 232 g/mol. The van der Waals surface area contributed by atoms with E-state index in [9.17, 15) is 23.1 Å². The first-order chi connectivity index (χ1) is 6.32. The minimum atomic E-state index is -4.85. The normalized spacial score (nSPS) is 10.7. The van der Waals surface area contributed by atoms with Crippen molar-refractivity contribution in [2.75, 3.05) is 0 Å². The molecule has 0 fully saturated rings. The number of nitrogens with zero attached hydrogens (tertiary/aromatic N) is 2. The van der Waals surface area contributed by atoms with Gasteiger partial charge in [0.15, 0.2) is 5.15 Å². The molecule has 0 aromatic carbocycles. The van der Waals surface area contributed by atoms with Crippen LogP contribution in [0.4, 0.5) is 13.2 Å². The van der Waals surface area contributed by atoms with Crippen LogP contribution in [0.1, 0.15) is 16.1 Å². The molecule has 0 aliphatic heterocycles. The van der Waals surface area contributed by atoms with Gasteiger partial charge in [-0.15, -0.1) is 10.2 Å². The Morgan fingerprint density at radius 2 is 1.93 bits per heavy atom. The van der Waals surface area contributed by atoms with Crippen molar-refractivity contribution in [2.24, 2.45) is 0 Å². The summed E-state index contributed by atoms with van der Waals surface area (Å²) >= 11 is 5.14. The van der Waals surface area contributed by atoms with E-state index in [1.165, 1.54) is 0 Å². The number of aromatic carboxylic acids is 1. The zero-order valence-corrected chi connectivity index (χ0v) is 8.06. The smallest absolute Gasteiger partial charge is 0.543 e. The number of carboxylic acid groups (broad SMARTS) is 1. The molecule has 0 amide bonds. The van der Waals surface area contributed by atoms with Gasteiger partial charge in [0.05, 0.1) is 11.5 Å². The van der Waals surface area contributed by atoms with Gasteiger partial charge in [-0.1, -0.05) is 11.6 Å². The zero-order chi connectivity index (χ0) is 10.9. The number of carbonyl (C=O) groups excluding carboxylic acids is 1. The number of aromatic nitrogens is 2. The standard InChI is InChI=1S/C6H2ClF3N2O2.Li/c7-3-1-2(6(8,9)10)4(5(13)14)12-11-3;/h1H,(H,13,14);/q;+1/p-1. The SMILES string of the molecule is O=C([O-])c1nnc(Cl)cc1C(F)(F)F.[Li+]. The van der Waals surface area contributed by atoms with E-state index in [0.717, 1.165) is 0 Å². The molecular weight excluding hydrogens is 231 g/mol. The topological polar surface area (TPSA) is 65.9 Å². The van der Waals surface area contributed by atoms with Crippen molar-refractivity contribution in [3.63, 3.8) is 0 Å². The fourth-order valence-corrected chi connectivity index (χ4v) is 0.882. The van der Waals surface area contributed by atoms with Crippen LogP contribution in [0.25, 0.3) is 0 Å². The Hall–Kier alpha value is -0.773. The molecule has 0 aliphatic carbocycles. The first-order valence-electron chi connectivity index (χ1n) is 3.14. The minimum Gasteiger partial charge on any atom is -0.543 e. The monoisotopic (exact) mass is 232 g/mol. The predicted molar refractivity (Wildman–Crippen MR) is 36.4 cm³/mol. The summed E-state index contributed by atoms with van der Waals surface area (Å²) in [5.41, 5.74) is -2.75. The third-order valence-electron chi connectivity index (χ3n) is 1.26. The Kier molecular flexibility index (Phi) is 4.58. The van der Waals surface area contributed by atoms with Crippen molar-refractivity contribution in [3.05, 3.63) is 22.5 Å². The van der Waals surface area contributed by atoms with Crippen molar-refractivity contribution >= 4 is 17.6 Å². The maximum atomic E-state index is 12.2. The summed E-state index contributed by atoms with van der Waals surface area (Å²) in [5.74, 6) is -2.05. The van der Waals surface area contributed by atoms with Crippen molar-refractivity contribution in [3.8, 4) is 0 Å². The summed E-state index contributed by atoms with van der Waals surface area (Å²) in [4.78, 5) is 10.2. The molecule has 0 radical (unpaired) electrons. The fourth-order valence-electron chi connectivity index (χ4n) is 0.735. The number of hydrogen-bond donors (Lipinski definition) is 0. The second-order valence-electron chi connectivity index (χ2n) is 2.21. The second-order valence-corrected chi connectivity index (χ2v) is 2.60. The van der Waals surface area contributed by atoms with Crippen LogP contribution in [-0.4, -0.2) is 16.2 Å². The summed E-state index contributed by atoms with van der Waals surface area (Å²) in [7, 11) is 0. The van der Waals surface area contributed by atoms with E-state index in [1.54, 1.807) is 0 Å². The first kappa shape index (κ1) is 14.2. The average Bonchev–Trinajstić information content (AvgIpc) is 2.01. The van der Waals surface area contributed by atoms with Crippen LogP contribution in [0.3, 0.4) is 0 Å². The van der Waals surface area contributed by atoms with Crippen LogP contribution in [0.15, 0.2) is 6.07 Å². The van der Waals surface area contributed by atoms with E-state index < -0.39 is 28.6 Å². The quantitative estimate of drug-likeness (QED) is 0.503. The minimum absolute atomic E-state index is 0. The van der Waals surface area contributed by atoms with Crippen molar-refractivity contribution < 1.29 is 41.9 Å². The van der Waals surface area contributed by atoms with E-state index in [2.05, 4.69) is 10.2 Å². The van der Waals surface area contributed by atoms with Gasteiger partial charge in [-0.05, 0) is 6.07 Å². The van der Waals surface area contributed by atoms with Gasteiger partial charge in [0.2, 0.25) is 0 Å². The molecule has 1 aromatic rings. The maximum Gasteiger partial charge on any atom is 1.00 e. The molecular formula is C6HClF3LiN2O2. The van der Waals surface area contributed by atoms with Crippen molar-refractivity contribution in [2.45, 2.75) is 6.18 Å². The van der Waals surface area contributed by atoms with Crippen LogP contribution in [0.5, 0.6) is 0 Å². The maximum absolute atomic E-state index is 12.2. The summed E-state index contributed by atoms with van der Waals surface area (Å²) in [6.45, 7) is 0. The Labute approximate surface area is 98.6 Å². The molecule has 1 heterocycles. The van der Waals surface area contributed by atoms with Crippen LogP contribution in [0, 0.1) is 0 Å². The van der Waals surface area contributed by atoms with Crippen LogP contribution in [0.2, 0.25) is 5.15 Å². The summed E-state index contributed by atoms with van der Waals surface area (Å²) in [6, 6.07) is 0.375. The van der Waals surface area contributed by atoms with Gasteiger partial charge < -0.3 is 9.90 Å².